The predicted octanol–water partition coefficient (Wildman–Crippen LogP) is 2.79. The number of amides is 2. The van der Waals surface area contributed by atoms with Crippen molar-refractivity contribution in [2.24, 2.45) is 0 Å². The first-order valence-corrected chi connectivity index (χ1v) is 9.56. The first-order valence-electron chi connectivity index (χ1n) is 9.56. The second kappa shape index (κ2) is 10.7. The van der Waals surface area contributed by atoms with Crippen molar-refractivity contribution in [3.8, 4) is 0 Å². The lowest BCUT2D eigenvalue weighted by molar-refractivity contribution is -0.146. The van der Waals surface area contributed by atoms with Crippen LogP contribution in [-0.2, 0) is 38.1 Å². The van der Waals surface area contributed by atoms with E-state index >= 15 is 0 Å². The molecule has 2 rings (SSSR count). The minimum absolute atomic E-state index is 0.137. The number of benzene rings is 2. The highest BCUT2D eigenvalue weighted by atomic mass is 19.4. The molecule has 0 bridgehead atoms. The van der Waals surface area contributed by atoms with E-state index in [9.17, 15) is 31.9 Å². The van der Waals surface area contributed by atoms with Crippen molar-refractivity contribution in [2.45, 2.75) is 38.0 Å². The number of nitrogens with one attached hydrogen (secondary N) is 2. The van der Waals surface area contributed by atoms with Gasteiger partial charge in [-0.05, 0) is 23.3 Å². The summed E-state index contributed by atoms with van der Waals surface area (Å²) in [5, 5.41) is 4.69. The van der Waals surface area contributed by atoms with Gasteiger partial charge in [-0.1, -0.05) is 36.4 Å². The lowest BCUT2D eigenvalue weighted by Gasteiger charge is -2.23. The Morgan fingerprint density at radius 2 is 1.47 bits per heavy atom. The van der Waals surface area contributed by atoms with Crippen LogP contribution in [0.5, 0.6) is 0 Å². The van der Waals surface area contributed by atoms with Gasteiger partial charge in [0, 0.05) is 19.8 Å². The summed E-state index contributed by atoms with van der Waals surface area (Å²) in [6.45, 7) is 1.15. The van der Waals surface area contributed by atoms with E-state index in [1.165, 1.54) is 36.4 Å². The molecule has 2 aromatic carbocycles. The average molecular weight is 454 g/mol. The molecule has 0 unspecified atom stereocenters. The van der Waals surface area contributed by atoms with Crippen molar-refractivity contribution < 1.29 is 36.7 Å². The maximum absolute atomic E-state index is 14.0. The zero-order chi connectivity index (χ0) is 23.9. The molecule has 0 saturated carbocycles. The topological polar surface area (TPSA) is 84.5 Å². The molecule has 6 nitrogen and oxygen atoms in total. The molecule has 0 heterocycles. The van der Waals surface area contributed by atoms with Crippen LogP contribution in [0.4, 0.5) is 17.6 Å². The van der Waals surface area contributed by atoms with Gasteiger partial charge in [-0.3, -0.25) is 9.59 Å². The highest BCUT2D eigenvalue weighted by Crippen LogP contribution is 2.32. The fourth-order valence-corrected chi connectivity index (χ4v) is 3.14. The van der Waals surface area contributed by atoms with Crippen LogP contribution >= 0.6 is 0 Å². The van der Waals surface area contributed by atoms with Crippen molar-refractivity contribution in [3.63, 3.8) is 0 Å². The van der Waals surface area contributed by atoms with E-state index < -0.39 is 53.8 Å². The standard InChI is InChI=1S/C22H22F4N2O4/c1-13(29)27-18(12-15-8-4-6-10-17(15)23)20(30)28-19(21(31)32-2)11-14-7-3-5-9-16(14)22(24,25)26/h3-10,18-19H,11-12H2,1-2H3,(H,27,29)(H,28,30)/t18-,19+/m0/s1. The highest BCUT2D eigenvalue weighted by molar-refractivity contribution is 5.90. The number of halogens is 4. The largest absolute Gasteiger partial charge is 0.467 e. The molecule has 0 aliphatic heterocycles. The second-order valence-corrected chi connectivity index (χ2v) is 6.99. The molecule has 10 heteroatoms. The summed E-state index contributed by atoms with van der Waals surface area (Å²) in [4.78, 5) is 36.6. The van der Waals surface area contributed by atoms with Gasteiger partial charge in [-0.25, -0.2) is 9.18 Å². The van der Waals surface area contributed by atoms with E-state index in [1.807, 2.05) is 0 Å². The van der Waals surface area contributed by atoms with Crippen molar-refractivity contribution in [3.05, 3.63) is 71.0 Å². The minimum atomic E-state index is -4.66. The molecule has 0 spiro atoms. The van der Waals surface area contributed by atoms with Crippen LogP contribution in [0.15, 0.2) is 48.5 Å². The quantitative estimate of drug-likeness (QED) is 0.475. The van der Waals surface area contributed by atoms with Gasteiger partial charge in [0.15, 0.2) is 0 Å². The van der Waals surface area contributed by atoms with Crippen molar-refractivity contribution in [1.29, 1.82) is 0 Å². The van der Waals surface area contributed by atoms with Gasteiger partial charge in [-0.2, -0.15) is 13.2 Å². The molecule has 2 amide bonds. The molecule has 2 N–H and O–H groups in total. The molecule has 0 saturated heterocycles. The number of hydrogen-bond acceptors (Lipinski definition) is 4. The smallest absolute Gasteiger partial charge is 0.416 e. The molecule has 0 radical (unpaired) electrons. The summed E-state index contributed by atoms with van der Waals surface area (Å²) in [5.74, 6) is -3.02. The van der Waals surface area contributed by atoms with E-state index in [-0.39, 0.29) is 17.5 Å². The Morgan fingerprint density at radius 3 is 2.03 bits per heavy atom. The zero-order valence-corrected chi connectivity index (χ0v) is 17.3. The Hall–Kier alpha value is -3.43. The van der Waals surface area contributed by atoms with Crippen LogP contribution < -0.4 is 10.6 Å². The number of esters is 1. The third-order valence-electron chi connectivity index (χ3n) is 4.62. The van der Waals surface area contributed by atoms with E-state index in [2.05, 4.69) is 15.4 Å². The zero-order valence-electron chi connectivity index (χ0n) is 17.3. The molecular weight excluding hydrogens is 432 g/mol. The molecule has 0 aliphatic carbocycles. The lowest BCUT2D eigenvalue weighted by Crippen LogP contribution is -2.53. The molecule has 0 aromatic heterocycles. The summed E-state index contributed by atoms with van der Waals surface area (Å²) in [6, 6.07) is 7.52. The van der Waals surface area contributed by atoms with Crippen LogP contribution in [0.2, 0.25) is 0 Å². The normalized spacial score (nSPS) is 13.1. The number of rotatable bonds is 8. The summed E-state index contributed by atoms with van der Waals surface area (Å²) in [7, 11) is 1.03. The molecule has 2 aromatic rings. The molecular formula is C22H22F4N2O4. The minimum Gasteiger partial charge on any atom is -0.467 e. The Bertz CT molecular complexity index is 978. The fourth-order valence-electron chi connectivity index (χ4n) is 3.14. The number of carbonyl (C=O) groups excluding carboxylic acids is 3. The summed E-state index contributed by atoms with van der Waals surface area (Å²) < 4.78 is 58.6. The molecule has 0 fully saturated rings. The van der Waals surface area contributed by atoms with Gasteiger partial charge in [0.2, 0.25) is 11.8 Å². The number of ether oxygens (including phenoxy) is 1. The molecule has 32 heavy (non-hydrogen) atoms. The molecule has 172 valence electrons. The maximum Gasteiger partial charge on any atom is 0.416 e. The number of methoxy groups -OCH3 is 1. The Morgan fingerprint density at radius 1 is 0.906 bits per heavy atom. The van der Waals surface area contributed by atoms with Crippen LogP contribution in [0.1, 0.15) is 23.6 Å². The van der Waals surface area contributed by atoms with E-state index in [4.69, 9.17) is 0 Å². The van der Waals surface area contributed by atoms with Gasteiger partial charge in [0.1, 0.15) is 17.9 Å². The Labute approximate surface area is 181 Å². The van der Waals surface area contributed by atoms with Crippen LogP contribution in [0, 0.1) is 5.82 Å². The van der Waals surface area contributed by atoms with Gasteiger partial charge >= 0.3 is 12.1 Å². The number of alkyl halides is 3. The average Bonchev–Trinajstić information content (AvgIpc) is 2.73. The Kier molecular flexibility index (Phi) is 8.34. The monoisotopic (exact) mass is 454 g/mol. The van der Waals surface area contributed by atoms with Crippen LogP contribution in [0.25, 0.3) is 0 Å². The number of hydrogen-bond donors (Lipinski definition) is 2. The fraction of sp³-hybridized carbons (Fsp3) is 0.318. The van der Waals surface area contributed by atoms with E-state index in [0.717, 1.165) is 20.1 Å². The third-order valence-corrected chi connectivity index (χ3v) is 4.62. The molecule has 0 aliphatic rings. The van der Waals surface area contributed by atoms with Gasteiger partial charge in [0.25, 0.3) is 0 Å². The van der Waals surface area contributed by atoms with Crippen molar-refractivity contribution >= 4 is 17.8 Å². The third kappa shape index (κ3) is 6.79. The summed E-state index contributed by atoms with van der Waals surface area (Å²) in [5.41, 5.74) is -1.03. The van der Waals surface area contributed by atoms with Gasteiger partial charge < -0.3 is 15.4 Å². The summed E-state index contributed by atoms with van der Waals surface area (Å²) >= 11 is 0. The van der Waals surface area contributed by atoms with Crippen molar-refractivity contribution in [1.82, 2.24) is 10.6 Å². The Balaban J connectivity index is 2.28. The SMILES string of the molecule is COC(=O)[C@@H](Cc1ccccc1C(F)(F)F)NC(=O)[C@H](Cc1ccccc1F)NC(C)=O. The number of carbonyl (C=O) groups is 3. The first kappa shape index (κ1) is 24.8. The van der Waals surface area contributed by atoms with E-state index in [0.29, 0.717) is 0 Å². The van der Waals surface area contributed by atoms with E-state index in [1.54, 1.807) is 6.07 Å². The second-order valence-electron chi connectivity index (χ2n) is 6.99. The van der Waals surface area contributed by atoms with Crippen molar-refractivity contribution in [2.75, 3.05) is 7.11 Å². The first-order chi connectivity index (χ1) is 15.0. The van der Waals surface area contributed by atoms with Crippen LogP contribution in [0.3, 0.4) is 0 Å². The maximum atomic E-state index is 14.0. The highest BCUT2D eigenvalue weighted by Gasteiger charge is 2.35. The lowest BCUT2D eigenvalue weighted by atomic mass is 9.99. The van der Waals surface area contributed by atoms with Crippen LogP contribution in [-0.4, -0.2) is 37.0 Å². The summed E-state index contributed by atoms with van der Waals surface area (Å²) in [6.07, 6.45) is -5.39. The predicted molar refractivity (Wildman–Crippen MR) is 107 cm³/mol. The molecule has 2 atom stereocenters. The van der Waals surface area contributed by atoms with Gasteiger partial charge in [0.05, 0.1) is 12.7 Å². The van der Waals surface area contributed by atoms with Gasteiger partial charge in [-0.15, -0.1) is 0 Å².